The van der Waals surface area contributed by atoms with Crippen LogP contribution in [0.15, 0.2) is 37.1 Å². The molecule has 6 heteroatoms. The van der Waals surface area contributed by atoms with Gasteiger partial charge in [0.05, 0.1) is 17.6 Å². The second-order valence-corrected chi connectivity index (χ2v) is 4.39. The minimum Gasteiger partial charge on any atom is -0.345 e. The summed E-state index contributed by atoms with van der Waals surface area (Å²) in [6.07, 6.45) is 7.12. The quantitative estimate of drug-likeness (QED) is 0.560. The van der Waals surface area contributed by atoms with Gasteiger partial charge in [0.25, 0.3) is 0 Å². The van der Waals surface area contributed by atoms with E-state index in [1.807, 2.05) is 31.5 Å². The Hall–Kier alpha value is -2.76. The molecule has 0 saturated carbocycles. The molecule has 19 heavy (non-hydrogen) atoms. The standard InChI is InChI=1S/C13H10N6/c1-8-6-19-12(17-8)3-2-11(18-19)9-5-15-13-10(9)4-14-7-16-13/h2-7H,1H3,(H,14,15,16). The number of hydrogen-bond acceptors (Lipinski definition) is 4. The zero-order valence-corrected chi connectivity index (χ0v) is 10.2. The predicted octanol–water partition coefficient (Wildman–Crippen LogP) is 1.98. The molecule has 0 aliphatic carbocycles. The summed E-state index contributed by atoms with van der Waals surface area (Å²) in [5.74, 6) is 0. The summed E-state index contributed by atoms with van der Waals surface area (Å²) in [4.78, 5) is 15.7. The van der Waals surface area contributed by atoms with Gasteiger partial charge in [0, 0.05) is 23.3 Å². The molecule has 0 spiro atoms. The van der Waals surface area contributed by atoms with Gasteiger partial charge in [-0.1, -0.05) is 0 Å². The van der Waals surface area contributed by atoms with Crippen LogP contribution in [-0.4, -0.2) is 29.5 Å². The van der Waals surface area contributed by atoms with Crippen LogP contribution in [0, 0.1) is 6.92 Å². The van der Waals surface area contributed by atoms with Crippen molar-refractivity contribution in [2.45, 2.75) is 6.92 Å². The van der Waals surface area contributed by atoms with Crippen LogP contribution in [0.3, 0.4) is 0 Å². The molecule has 1 N–H and O–H groups in total. The van der Waals surface area contributed by atoms with E-state index in [4.69, 9.17) is 0 Å². The molecule has 0 atom stereocenters. The smallest absolute Gasteiger partial charge is 0.153 e. The molecule has 6 nitrogen and oxygen atoms in total. The van der Waals surface area contributed by atoms with E-state index in [1.54, 1.807) is 10.7 Å². The first-order valence-corrected chi connectivity index (χ1v) is 5.92. The van der Waals surface area contributed by atoms with E-state index >= 15 is 0 Å². The highest BCUT2D eigenvalue weighted by molar-refractivity contribution is 5.91. The maximum atomic E-state index is 4.57. The number of fused-ring (bicyclic) bond motifs is 2. The van der Waals surface area contributed by atoms with Crippen molar-refractivity contribution in [3.05, 3.63) is 42.7 Å². The number of nitrogens with zero attached hydrogens (tertiary/aromatic N) is 5. The van der Waals surface area contributed by atoms with Gasteiger partial charge in [-0.25, -0.2) is 19.5 Å². The number of hydrogen-bond donors (Lipinski definition) is 1. The summed E-state index contributed by atoms with van der Waals surface area (Å²) in [7, 11) is 0. The van der Waals surface area contributed by atoms with Crippen LogP contribution in [0.4, 0.5) is 0 Å². The summed E-state index contributed by atoms with van der Waals surface area (Å²) in [6, 6.07) is 3.91. The average molecular weight is 250 g/mol. The number of imidazole rings is 1. The van der Waals surface area contributed by atoms with Crippen molar-refractivity contribution in [1.29, 1.82) is 0 Å². The Bertz CT molecular complexity index is 888. The van der Waals surface area contributed by atoms with E-state index in [0.29, 0.717) is 0 Å². The average Bonchev–Trinajstić information content (AvgIpc) is 2.99. The lowest BCUT2D eigenvalue weighted by Crippen LogP contribution is -1.92. The molecule has 0 fully saturated rings. The molecule has 0 bridgehead atoms. The summed E-state index contributed by atoms with van der Waals surface area (Å²) >= 11 is 0. The second-order valence-electron chi connectivity index (χ2n) is 4.39. The SMILES string of the molecule is Cc1cn2nc(-c3c[nH]c4ncncc34)ccc2n1. The lowest BCUT2D eigenvalue weighted by molar-refractivity contribution is 0.941. The maximum absolute atomic E-state index is 4.57. The van der Waals surface area contributed by atoms with Gasteiger partial charge in [-0.2, -0.15) is 5.10 Å². The molecular weight excluding hydrogens is 240 g/mol. The first kappa shape index (κ1) is 10.2. The fourth-order valence-electron chi connectivity index (χ4n) is 2.22. The predicted molar refractivity (Wildman–Crippen MR) is 70.6 cm³/mol. The summed E-state index contributed by atoms with van der Waals surface area (Å²) < 4.78 is 1.79. The molecule has 4 rings (SSSR count). The lowest BCUT2D eigenvalue weighted by Gasteiger charge is -1.99. The molecular formula is C13H10N6. The zero-order valence-electron chi connectivity index (χ0n) is 10.2. The monoisotopic (exact) mass is 250 g/mol. The largest absolute Gasteiger partial charge is 0.345 e. The van der Waals surface area contributed by atoms with Gasteiger partial charge in [-0.3, -0.25) is 0 Å². The fraction of sp³-hybridized carbons (Fsp3) is 0.0769. The van der Waals surface area contributed by atoms with Crippen LogP contribution in [0.25, 0.3) is 27.9 Å². The molecule has 0 aliphatic heterocycles. The number of nitrogens with one attached hydrogen (secondary N) is 1. The van der Waals surface area contributed by atoms with Crippen LogP contribution in [-0.2, 0) is 0 Å². The van der Waals surface area contributed by atoms with Gasteiger partial charge in [-0.15, -0.1) is 0 Å². The minimum absolute atomic E-state index is 0.814. The molecule has 0 aliphatic rings. The van der Waals surface area contributed by atoms with Crippen LogP contribution in [0.1, 0.15) is 5.69 Å². The van der Waals surface area contributed by atoms with E-state index in [1.165, 1.54) is 6.33 Å². The molecule has 4 aromatic rings. The van der Waals surface area contributed by atoms with Gasteiger partial charge in [-0.05, 0) is 19.1 Å². The van der Waals surface area contributed by atoms with Gasteiger partial charge < -0.3 is 4.98 Å². The molecule has 0 amide bonds. The van der Waals surface area contributed by atoms with Gasteiger partial charge in [0.1, 0.15) is 12.0 Å². The van der Waals surface area contributed by atoms with Crippen molar-refractivity contribution < 1.29 is 0 Å². The minimum atomic E-state index is 0.814. The topological polar surface area (TPSA) is 71.8 Å². The van der Waals surface area contributed by atoms with Gasteiger partial charge in [0.2, 0.25) is 0 Å². The van der Waals surface area contributed by atoms with Crippen molar-refractivity contribution in [2.75, 3.05) is 0 Å². The number of aromatic nitrogens is 6. The normalized spacial score (nSPS) is 11.4. The van der Waals surface area contributed by atoms with E-state index in [-0.39, 0.29) is 0 Å². The highest BCUT2D eigenvalue weighted by atomic mass is 15.2. The van der Waals surface area contributed by atoms with E-state index in [9.17, 15) is 0 Å². The van der Waals surface area contributed by atoms with Crippen molar-refractivity contribution >= 4 is 16.7 Å². The first-order chi connectivity index (χ1) is 9.31. The van der Waals surface area contributed by atoms with E-state index in [0.717, 1.165) is 33.6 Å². The number of aryl methyl sites for hydroxylation is 1. The third-order valence-electron chi connectivity index (χ3n) is 3.07. The Morgan fingerprint density at radius 2 is 2.21 bits per heavy atom. The Morgan fingerprint density at radius 1 is 1.26 bits per heavy atom. The number of aromatic amines is 1. The van der Waals surface area contributed by atoms with Crippen molar-refractivity contribution in [1.82, 2.24) is 29.5 Å². The highest BCUT2D eigenvalue weighted by Crippen LogP contribution is 2.25. The molecule has 4 heterocycles. The van der Waals surface area contributed by atoms with Crippen molar-refractivity contribution in [3.8, 4) is 11.3 Å². The third kappa shape index (κ3) is 1.50. The fourth-order valence-corrected chi connectivity index (χ4v) is 2.22. The maximum Gasteiger partial charge on any atom is 0.153 e. The van der Waals surface area contributed by atoms with Crippen LogP contribution >= 0.6 is 0 Å². The summed E-state index contributed by atoms with van der Waals surface area (Å²) in [6.45, 7) is 1.95. The Balaban J connectivity index is 1.98. The Kier molecular flexibility index (Phi) is 1.94. The molecule has 0 unspecified atom stereocenters. The molecule has 0 radical (unpaired) electrons. The Morgan fingerprint density at radius 3 is 3.16 bits per heavy atom. The Labute approximate surface area is 108 Å². The molecule has 0 saturated heterocycles. The van der Waals surface area contributed by atoms with Gasteiger partial charge in [0.15, 0.2) is 5.65 Å². The second kappa shape index (κ2) is 3.61. The van der Waals surface area contributed by atoms with Gasteiger partial charge >= 0.3 is 0 Å². The molecule has 0 aromatic carbocycles. The van der Waals surface area contributed by atoms with Crippen molar-refractivity contribution in [3.63, 3.8) is 0 Å². The zero-order chi connectivity index (χ0) is 12.8. The first-order valence-electron chi connectivity index (χ1n) is 5.92. The lowest BCUT2D eigenvalue weighted by atomic mass is 10.2. The summed E-state index contributed by atoms with van der Waals surface area (Å²) in [5, 5.41) is 5.53. The van der Waals surface area contributed by atoms with Crippen LogP contribution in [0.5, 0.6) is 0 Å². The highest BCUT2D eigenvalue weighted by Gasteiger charge is 2.09. The molecule has 92 valence electrons. The van der Waals surface area contributed by atoms with E-state index < -0.39 is 0 Å². The van der Waals surface area contributed by atoms with Crippen LogP contribution in [0.2, 0.25) is 0 Å². The molecule has 4 aromatic heterocycles. The van der Waals surface area contributed by atoms with Crippen LogP contribution < -0.4 is 0 Å². The van der Waals surface area contributed by atoms with E-state index in [2.05, 4.69) is 25.0 Å². The number of H-pyrrole nitrogens is 1. The third-order valence-corrected chi connectivity index (χ3v) is 3.07. The summed E-state index contributed by atoms with van der Waals surface area (Å²) in [5.41, 5.74) is 4.47. The number of rotatable bonds is 1. The van der Waals surface area contributed by atoms with Crippen molar-refractivity contribution in [2.24, 2.45) is 0 Å².